The number of hydrogen-bond acceptors (Lipinski definition) is 4. The molecule has 1 unspecified atom stereocenters. The predicted molar refractivity (Wildman–Crippen MR) is 109 cm³/mol. The predicted octanol–water partition coefficient (Wildman–Crippen LogP) is 3.92. The molecular formula is C20H20ClN3O2S. The quantitative estimate of drug-likeness (QED) is 0.720. The van der Waals surface area contributed by atoms with Gasteiger partial charge in [0.05, 0.1) is 17.8 Å². The number of halogens is 1. The number of aromatic nitrogens is 2. The smallest absolute Gasteiger partial charge is 0.262 e. The molecule has 5 nitrogen and oxygen atoms in total. The topological polar surface area (TPSA) is 64.0 Å². The van der Waals surface area contributed by atoms with Crippen LogP contribution in [-0.4, -0.2) is 15.5 Å². The Morgan fingerprint density at radius 1 is 1.41 bits per heavy atom. The Labute approximate surface area is 166 Å². The number of thiophene rings is 1. The van der Waals surface area contributed by atoms with Gasteiger partial charge in [0.15, 0.2) is 0 Å². The Morgan fingerprint density at radius 3 is 3.04 bits per heavy atom. The number of hydrogen-bond donors (Lipinski definition) is 1. The third-order valence-electron chi connectivity index (χ3n) is 5.28. The number of nitrogens with zero attached hydrogens (tertiary/aromatic N) is 2. The van der Waals surface area contributed by atoms with Gasteiger partial charge in [-0.3, -0.25) is 14.2 Å². The lowest BCUT2D eigenvalue weighted by Gasteiger charge is -2.14. The van der Waals surface area contributed by atoms with Crippen LogP contribution in [0.5, 0.6) is 0 Å². The summed E-state index contributed by atoms with van der Waals surface area (Å²) >= 11 is 7.76. The lowest BCUT2D eigenvalue weighted by molar-refractivity contribution is -0.122. The summed E-state index contributed by atoms with van der Waals surface area (Å²) in [6.45, 7) is 4.25. The zero-order valence-electron chi connectivity index (χ0n) is 15.2. The minimum atomic E-state index is -0.0763. The minimum Gasteiger partial charge on any atom is -0.349 e. The number of carbonyl (C=O) groups is 1. The Morgan fingerprint density at radius 2 is 2.22 bits per heavy atom. The number of aryl methyl sites for hydroxylation is 3. The van der Waals surface area contributed by atoms with Crippen LogP contribution in [-0.2, 0) is 17.8 Å². The van der Waals surface area contributed by atoms with Gasteiger partial charge >= 0.3 is 0 Å². The van der Waals surface area contributed by atoms with E-state index in [1.165, 1.54) is 22.2 Å². The highest BCUT2D eigenvalue weighted by molar-refractivity contribution is 7.18. The van der Waals surface area contributed by atoms with Crippen molar-refractivity contribution in [3.63, 3.8) is 0 Å². The van der Waals surface area contributed by atoms with Crippen LogP contribution in [0.4, 0.5) is 0 Å². The number of nitrogens with one attached hydrogen (secondary N) is 1. The van der Waals surface area contributed by atoms with Gasteiger partial charge in [-0.1, -0.05) is 23.7 Å². The summed E-state index contributed by atoms with van der Waals surface area (Å²) in [5.74, 6) is -0.0713. The molecule has 0 saturated heterocycles. The molecule has 0 bridgehead atoms. The second-order valence-corrected chi connectivity index (χ2v) is 8.53. The fraction of sp³-hybridized carbons (Fsp3) is 0.350. The molecule has 3 aromatic rings. The maximum absolute atomic E-state index is 12.7. The first-order valence-corrected chi connectivity index (χ1v) is 10.2. The van der Waals surface area contributed by atoms with Gasteiger partial charge in [0.25, 0.3) is 5.56 Å². The first-order valence-electron chi connectivity index (χ1n) is 8.97. The molecule has 0 saturated carbocycles. The van der Waals surface area contributed by atoms with Crippen molar-refractivity contribution in [3.8, 4) is 0 Å². The van der Waals surface area contributed by atoms with Crippen LogP contribution in [0.25, 0.3) is 10.2 Å². The highest BCUT2D eigenvalue weighted by Crippen LogP contribution is 2.35. The highest BCUT2D eigenvalue weighted by atomic mass is 35.5. The molecule has 0 radical (unpaired) electrons. The molecule has 1 N–H and O–H groups in total. The molecule has 1 aliphatic carbocycles. The van der Waals surface area contributed by atoms with Crippen LogP contribution in [0.15, 0.2) is 29.3 Å². The summed E-state index contributed by atoms with van der Waals surface area (Å²) in [6.07, 6.45) is 3.50. The minimum absolute atomic E-state index is 0.00899. The van der Waals surface area contributed by atoms with Crippen molar-refractivity contribution in [2.45, 2.75) is 45.7 Å². The van der Waals surface area contributed by atoms with Crippen LogP contribution in [0.1, 0.15) is 40.5 Å². The van der Waals surface area contributed by atoms with E-state index in [-0.39, 0.29) is 23.9 Å². The van der Waals surface area contributed by atoms with Crippen molar-refractivity contribution in [1.29, 1.82) is 0 Å². The maximum Gasteiger partial charge on any atom is 0.262 e. The molecule has 1 aliphatic rings. The van der Waals surface area contributed by atoms with Gasteiger partial charge in [-0.15, -0.1) is 11.3 Å². The van der Waals surface area contributed by atoms with E-state index in [0.717, 1.165) is 44.3 Å². The molecule has 27 heavy (non-hydrogen) atoms. The van der Waals surface area contributed by atoms with Crippen molar-refractivity contribution in [2.75, 3.05) is 0 Å². The molecule has 0 aliphatic heterocycles. The summed E-state index contributed by atoms with van der Waals surface area (Å²) in [4.78, 5) is 31.4. The summed E-state index contributed by atoms with van der Waals surface area (Å²) in [5.41, 5.74) is 3.12. The van der Waals surface area contributed by atoms with Crippen LogP contribution < -0.4 is 10.9 Å². The van der Waals surface area contributed by atoms with Gasteiger partial charge in [0, 0.05) is 22.9 Å². The Bertz CT molecular complexity index is 1100. The number of fused-ring (bicyclic) bond motifs is 2. The van der Waals surface area contributed by atoms with Crippen molar-refractivity contribution < 1.29 is 4.79 Å². The van der Waals surface area contributed by atoms with Crippen LogP contribution in [0, 0.1) is 13.8 Å². The fourth-order valence-electron chi connectivity index (χ4n) is 3.68. The zero-order valence-corrected chi connectivity index (χ0v) is 16.8. The van der Waals surface area contributed by atoms with Gasteiger partial charge in [0.2, 0.25) is 5.91 Å². The molecule has 2 heterocycles. The molecule has 7 heteroatoms. The van der Waals surface area contributed by atoms with Crippen molar-refractivity contribution in [1.82, 2.24) is 14.9 Å². The summed E-state index contributed by atoms with van der Waals surface area (Å²) in [6, 6.07) is 5.81. The summed E-state index contributed by atoms with van der Waals surface area (Å²) in [5, 5.41) is 4.50. The van der Waals surface area contributed by atoms with Gasteiger partial charge < -0.3 is 5.32 Å². The molecule has 1 atom stereocenters. The van der Waals surface area contributed by atoms with Crippen molar-refractivity contribution in [2.24, 2.45) is 0 Å². The number of carbonyl (C=O) groups excluding carboxylic acids is 1. The van der Waals surface area contributed by atoms with E-state index < -0.39 is 0 Å². The normalized spacial score (nSPS) is 15.9. The molecule has 0 spiro atoms. The van der Waals surface area contributed by atoms with E-state index in [1.54, 1.807) is 0 Å². The number of benzene rings is 1. The van der Waals surface area contributed by atoms with Gasteiger partial charge in [-0.25, -0.2) is 4.98 Å². The third-order valence-corrected chi connectivity index (χ3v) is 6.75. The maximum atomic E-state index is 12.7. The Balaban J connectivity index is 1.46. The largest absolute Gasteiger partial charge is 0.349 e. The average molecular weight is 402 g/mol. The van der Waals surface area contributed by atoms with Crippen LogP contribution in [0.3, 0.4) is 0 Å². The molecule has 1 amide bonds. The van der Waals surface area contributed by atoms with Crippen molar-refractivity contribution >= 4 is 39.1 Å². The van der Waals surface area contributed by atoms with Gasteiger partial charge in [-0.2, -0.15) is 0 Å². The first kappa shape index (κ1) is 18.2. The molecule has 0 fully saturated rings. The van der Waals surface area contributed by atoms with E-state index in [9.17, 15) is 9.59 Å². The Hall–Kier alpha value is -2.18. The lowest BCUT2D eigenvalue weighted by atomic mass is 10.1. The number of amides is 1. The summed E-state index contributed by atoms with van der Waals surface area (Å²) in [7, 11) is 0. The van der Waals surface area contributed by atoms with Gasteiger partial charge in [-0.05, 0) is 49.4 Å². The monoisotopic (exact) mass is 401 g/mol. The van der Waals surface area contributed by atoms with E-state index in [1.807, 2.05) is 32.0 Å². The van der Waals surface area contributed by atoms with E-state index in [4.69, 9.17) is 11.6 Å². The Kier molecular flexibility index (Phi) is 4.78. The first-order chi connectivity index (χ1) is 13.0. The SMILES string of the molecule is Cc1sc2ncn(CCC(=O)NC3CCc4c(Cl)cccc43)c(=O)c2c1C. The molecule has 2 aromatic heterocycles. The van der Waals surface area contributed by atoms with Crippen LogP contribution in [0.2, 0.25) is 5.02 Å². The summed E-state index contributed by atoms with van der Waals surface area (Å²) < 4.78 is 1.53. The average Bonchev–Trinajstić information content (AvgIpc) is 3.17. The van der Waals surface area contributed by atoms with E-state index >= 15 is 0 Å². The molecular weight excluding hydrogens is 382 g/mol. The second-order valence-electron chi connectivity index (χ2n) is 6.92. The van der Waals surface area contributed by atoms with Crippen molar-refractivity contribution in [3.05, 3.63) is 61.5 Å². The molecule has 1 aromatic carbocycles. The second kappa shape index (κ2) is 7.09. The third kappa shape index (κ3) is 3.28. The molecule has 140 valence electrons. The van der Waals surface area contributed by atoms with Crippen LogP contribution >= 0.6 is 22.9 Å². The number of rotatable bonds is 4. The highest BCUT2D eigenvalue weighted by Gasteiger charge is 2.25. The van der Waals surface area contributed by atoms with Gasteiger partial charge in [0.1, 0.15) is 4.83 Å². The van der Waals surface area contributed by atoms with E-state index in [0.29, 0.717) is 11.9 Å². The zero-order chi connectivity index (χ0) is 19.1. The molecule has 4 rings (SSSR count). The van der Waals surface area contributed by atoms with E-state index in [2.05, 4.69) is 10.3 Å². The standard InChI is InChI=1S/C20H20ClN3O2S/c1-11-12(2)27-19-18(11)20(26)24(10-22-19)9-8-17(25)23-16-7-6-13-14(16)4-3-5-15(13)21/h3-5,10,16H,6-9H2,1-2H3,(H,23,25). The fourth-order valence-corrected chi connectivity index (χ4v) is 4.94. The lowest BCUT2D eigenvalue weighted by Crippen LogP contribution is -2.29.